The summed E-state index contributed by atoms with van der Waals surface area (Å²) in [5, 5.41) is 3.10. The molecule has 0 spiro atoms. The van der Waals surface area contributed by atoms with Gasteiger partial charge in [-0.1, -0.05) is 24.3 Å². The second-order valence-electron chi connectivity index (χ2n) is 4.91. The van der Waals surface area contributed by atoms with Crippen LogP contribution in [0.5, 0.6) is 0 Å². The van der Waals surface area contributed by atoms with E-state index in [4.69, 9.17) is 4.74 Å². The molecule has 0 aliphatic carbocycles. The summed E-state index contributed by atoms with van der Waals surface area (Å²) < 4.78 is 18.8. The molecule has 2 aromatic rings. The molecular weight excluding hydrogens is 241 g/mol. The highest BCUT2D eigenvalue weighted by Crippen LogP contribution is 2.39. The van der Waals surface area contributed by atoms with E-state index in [0.717, 1.165) is 11.3 Å². The molecule has 1 heterocycles. The molecular formula is C16H16FNO. The fraction of sp³-hybridized carbons (Fsp3) is 0.250. The molecule has 98 valence electrons. The third-order valence-corrected chi connectivity index (χ3v) is 3.80. The van der Waals surface area contributed by atoms with Gasteiger partial charge in [-0.2, -0.15) is 0 Å². The molecule has 0 aromatic heterocycles. The average molecular weight is 257 g/mol. The van der Waals surface area contributed by atoms with Gasteiger partial charge in [0.25, 0.3) is 0 Å². The van der Waals surface area contributed by atoms with Crippen LogP contribution in [0.3, 0.4) is 0 Å². The number of halogens is 1. The summed E-state index contributed by atoms with van der Waals surface area (Å²) >= 11 is 0. The molecule has 2 aromatic carbocycles. The Morgan fingerprint density at radius 1 is 1.05 bits per heavy atom. The third-order valence-electron chi connectivity index (χ3n) is 3.80. The molecule has 1 N–H and O–H groups in total. The first-order valence-corrected chi connectivity index (χ1v) is 6.37. The molecule has 1 aliphatic heterocycles. The van der Waals surface area contributed by atoms with Gasteiger partial charge >= 0.3 is 0 Å². The maximum absolute atomic E-state index is 13.4. The van der Waals surface area contributed by atoms with Crippen molar-refractivity contribution in [3.63, 3.8) is 0 Å². The summed E-state index contributed by atoms with van der Waals surface area (Å²) in [5.74, 6) is -0.198. The van der Waals surface area contributed by atoms with E-state index in [0.29, 0.717) is 13.2 Å². The number of rotatable bonds is 3. The molecule has 0 radical (unpaired) electrons. The van der Waals surface area contributed by atoms with Gasteiger partial charge in [-0.25, -0.2) is 4.39 Å². The predicted molar refractivity (Wildman–Crippen MR) is 74.0 cm³/mol. The van der Waals surface area contributed by atoms with Gasteiger partial charge in [0.1, 0.15) is 5.82 Å². The maximum atomic E-state index is 13.4. The molecule has 19 heavy (non-hydrogen) atoms. The van der Waals surface area contributed by atoms with E-state index in [9.17, 15) is 4.39 Å². The number of hydrogen-bond acceptors (Lipinski definition) is 2. The Morgan fingerprint density at radius 3 is 2.32 bits per heavy atom. The van der Waals surface area contributed by atoms with Gasteiger partial charge in [-0.15, -0.1) is 0 Å². The summed E-state index contributed by atoms with van der Waals surface area (Å²) in [6, 6.07) is 15.0. The van der Waals surface area contributed by atoms with E-state index in [1.165, 1.54) is 11.6 Å². The number of ether oxygens (including phenoxy) is 1. The van der Waals surface area contributed by atoms with Crippen LogP contribution >= 0.6 is 0 Å². The van der Waals surface area contributed by atoms with Gasteiger partial charge in [0.2, 0.25) is 0 Å². The van der Waals surface area contributed by atoms with Gasteiger partial charge in [-0.3, -0.25) is 0 Å². The van der Waals surface area contributed by atoms with Gasteiger partial charge in [0.15, 0.2) is 0 Å². The smallest absolute Gasteiger partial charge is 0.123 e. The Hall–Kier alpha value is -1.87. The Labute approximate surface area is 112 Å². The van der Waals surface area contributed by atoms with Crippen LogP contribution in [-0.2, 0) is 10.2 Å². The summed E-state index contributed by atoms with van der Waals surface area (Å²) in [4.78, 5) is 0. The standard InChI is InChI=1S/C16H16FNO/c1-18-15-7-5-12(6-8-15)16(10-19-11-16)13-3-2-4-14(17)9-13/h2-9,18H,10-11H2,1H3. The number of anilines is 1. The first-order valence-electron chi connectivity index (χ1n) is 6.37. The molecule has 0 amide bonds. The van der Waals surface area contributed by atoms with Crippen molar-refractivity contribution in [2.24, 2.45) is 0 Å². The molecule has 0 saturated carbocycles. The first-order chi connectivity index (χ1) is 9.24. The van der Waals surface area contributed by atoms with Crippen molar-refractivity contribution in [3.05, 3.63) is 65.5 Å². The topological polar surface area (TPSA) is 21.3 Å². The minimum Gasteiger partial charge on any atom is -0.388 e. The summed E-state index contributed by atoms with van der Waals surface area (Å²) in [7, 11) is 1.89. The van der Waals surface area contributed by atoms with Crippen molar-refractivity contribution in [2.75, 3.05) is 25.6 Å². The Bertz CT molecular complexity index is 576. The maximum Gasteiger partial charge on any atom is 0.123 e. The third kappa shape index (κ3) is 2.00. The molecule has 1 fully saturated rings. The number of benzene rings is 2. The quantitative estimate of drug-likeness (QED) is 0.911. The van der Waals surface area contributed by atoms with Crippen LogP contribution in [0.2, 0.25) is 0 Å². The van der Waals surface area contributed by atoms with E-state index >= 15 is 0 Å². The van der Waals surface area contributed by atoms with E-state index in [-0.39, 0.29) is 11.2 Å². The normalized spacial score (nSPS) is 16.7. The van der Waals surface area contributed by atoms with Gasteiger partial charge < -0.3 is 10.1 Å². The van der Waals surface area contributed by atoms with E-state index in [2.05, 4.69) is 17.4 Å². The number of hydrogen-bond donors (Lipinski definition) is 1. The summed E-state index contributed by atoms with van der Waals surface area (Å²) in [5.41, 5.74) is 3.02. The molecule has 1 saturated heterocycles. The predicted octanol–water partition coefficient (Wildman–Crippen LogP) is 3.18. The van der Waals surface area contributed by atoms with Crippen LogP contribution < -0.4 is 5.32 Å². The largest absolute Gasteiger partial charge is 0.388 e. The summed E-state index contributed by atoms with van der Waals surface area (Å²) in [6.07, 6.45) is 0. The van der Waals surface area contributed by atoms with Gasteiger partial charge in [0, 0.05) is 12.7 Å². The molecule has 2 nitrogen and oxygen atoms in total. The summed E-state index contributed by atoms with van der Waals surface area (Å²) in [6.45, 7) is 1.21. The first kappa shape index (κ1) is 12.2. The zero-order chi connectivity index (χ0) is 13.3. The fourth-order valence-corrected chi connectivity index (χ4v) is 2.55. The average Bonchev–Trinajstić information content (AvgIpc) is 2.38. The molecule has 3 rings (SSSR count). The van der Waals surface area contributed by atoms with Crippen molar-refractivity contribution in [2.45, 2.75) is 5.41 Å². The number of nitrogens with one attached hydrogen (secondary N) is 1. The monoisotopic (exact) mass is 257 g/mol. The lowest BCUT2D eigenvalue weighted by molar-refractivity contribution is -0.0380. The Balaban J connectivity index is 2.02. The van der Waals surface area contributed by atoms with Crippen molar-refractivity contribution >= 4 is 5.69 Å². The highest BCUT2D eigenvalue weighted by molar-refractivity contribution is 5.49. The lowest BCUT2D eigenvalue weighted by atomic mass is 9.73. The lowest BCUT2D eigenvalue weighted by Crippen LogP contribution is -2.47. The minimum absolute atomic E-state index is 0.198. The highest BCUT2D eigenvalue weighted by Gasteiger charge is 2.42. The fourth-order valence-electron chi connectivity index (χ4n) is 2.55. The SMILES string of the molecule is CNc1ccc(C2(c3cccc(F)c3)COC2)cc1. The lowest BCUT2D eigenvalue weighted by Gasteiger charge is -2.42. The van der Waals surface area contributed by atoms with Gasteiger partial charge in [0.05, 0.1) is 18.6 Å². The van der Waals surface area contributed by atoms with Gasteiger partial charge in [-0.05, 0) is 35.4 Å². The van der Waals surface area contributed by atoms with Crippen LogP contribution in [-0.4, -0.2) is 20.3 Å². The van der Waals surface area contributed by atoms with Crippen LogP contribution in [0.4, 0.5) is 10.1 Å². The van der Waals surface area contributed by atoms with Crippen LogP contribution in [0, 0.1) is 5.82 Å². The zero-order valence-electron chi connectivity index (χ0n) is 10.8. The molecule has 0 unspecified atom stereocenters. The van der Waals surface area contributed by atoms with E-state index < -0.39 is 0 Å². The Morgan fingerprint density at radius 2 is 1.79 bits per heavy atom. The van der Waals surface area contributed by atoms with Crippen molar-refractivity contribution in [1.82, 2.24) is 0 Å². The molecule has 1 aliphatic rings. The molecule has 0 atom stereocenters. The van der Waals surface area contributed by atoms with Crippen LogP contribution in [0.25, 0.3) is 0 Å². The second-order valence-corrected chi connectivity index (χ2v) is 4.91. The highest BCUT2D eigenvalue weighted by atomic mass is 19.1. The van der Waals surface area contributed by atoms with Crippen LogP contribution in [0.15, 0.2) is 48.5 Å². The zero-order valence-corrected chi connectivity index (χ0v) is 10.8. The van der Waals surface area contributed by atoms with Crippen molar-refractivity contribution in [3.8, 4) is 0 Å². The van der Waals surface area contributed by atoms with Crippen molar-refractivity contribution < 1.29 is 9.13 Å². The van der Waals surface area contributed by atoms with Crippen molar-refractivity contribution in [1.29, 1.82) is 0 Å². The van der Waals surface area contributed by atoms with E-state index in [1.54, 1.807) is 12.1 Å². The molecule has 3 heteroatoms. The second kappa shape index (κ2) is 4.67. The molecule has 0 bridgehead atoms. The Kier molecular flexibility index (Phi) is 2.99. The van der Waals surface area contributed by atoms with Crippen LogP contribution in [0.1, 0.15) is 11.1 Å². The van der Waals surface area contributed by atoms with E-state index in [1.807, 2.05) is 25.2 Å². The minimum atomic E-state index is -0.200.